The maximum absolute atomic E-state index is 13.4. The number of nitrogens with zero attached hydrogens (tertiary/aromatic N) is 2. The van der Waals surface area contributed by atoms with Gasteiger partial charge in [0.25, 0.3) is 5.69 Å². The summed E-state index contributed by atoms with van der Waals surface area (Å²) >= 11 is 0.973. The van der Waals surface area contributed by atoms with Crippen LogP contribution < -0.4 is 0 Å². The van der Waals surface area contributed by atoms with Crippen molar-refractivity contribution in [3.63, 3.8) is 0 Å². The number of rotatable bonds is 4. The van der Waals surface area contributed by atoms with Gasteiger partial charge in [0, 0.05) is 17.0 Å². The maximum atomic E-state index is 13.4. The van der Waals surface area contributed by atoms with Crippen LogP contribution in [0.4, 0.5) is 15.8 Å². The fourth-order valence-electron chi connectivity index (χ4n) is 1.52. The lowest BCUT2D eigenvalue weighted by Crippen LogP contribution is -1.94. The van der Waals surface area contributed by atoms with Gasteiger partial charge in [0.2, 0.25) is 5.82 Å². The Morgan fingerprint density at radius 3 is 2.15 bits per heavy atom. The predicted octanol–water partition coefficient (Wildman–Crippen LogP) is 3.79. The van der Waals surface area contributed by atoms with Crippen molar-refractivity contribution < 1.29 is 14.2 Å². The van der Waals surface area contributed by atoms with Crippen molar-refractivity contribution in [2.75, 3.05) is 0 Å². The van der Waals surface area contributed by atoms with Gasteiger partial charge >= 0.3 is 5.69 Å². The molecule has 2 rings (SSSR count). The first-order chi connectivity index (χ1) is 9.49. The van der Waals surface area contributed by atoms with E-state index < -0.39 is 21.4 Å². The SMILES string of the molecule is O=[N+]([O-])c1ccc(Sc2cccc(F)c2[N+](=O)[O-])cc1. The van der Waals surface area contributed by atoms with Gasteiger partial charge in [0.05, 0.1) is 14.7 Å². The van der Waals surface area contributed by atoms with E-state index in [1.54, 1.807) is 0 Å². The molecule has 8 heteroatoms. The second kappa shape index (κ2) is 5.66. The van der Waals surface area contributed by atoms with Crippen LogP contribution in [0.25, 0.3) is 0 Å². The summed E-state index contributed by atoms with van der Waals surface area (Å²) in [6.07, 6.45) is 0. The Morgan fingerprint density at radius 2 is 1.60 bits per heavy atom. The topological polar surface area (TPSA) is 86.3 Å². The minimum absolute atomic E-state index is 0.0805. The molecule has 102 valence electrons. The summed E-state index contributed by atoms with van der Waals surface area (Å²) in [5.74, 6) is -0.915. The first kappa shape index (κ1) is 13.9. The predicted molar refractivity (Wildman–Crippen MR) is 70.3 cm³/mol. The summed E-state index contributed by atoms with van der Waals surface area (Å²) in [6, 6.07) is 9.29. The monoisotopic (exact) mass is 294 g/mol. The number of hydrogen-bond donors (Lipinski definition) is 0. The van der Waals surface area contributed by atoms with E-state index in [0.717, 1.165) is 17.8 Å². The molecule has 0 saturated heterocycles. The van der Waals surface area contributed by atoms with Crippen molar-refractivity contribution >= 4 is 23.1 Å². The summed E-state index contributed by atoms with van der Waals surface area (Å²) in [6.45, 7) is 0. The second-order valence-electron chi connectivity index (χ2n) is 3.70. The Morgan fingerprint density at radius 1 is 0.950 bits per heavy atom. The van der Waals surface area contributed by atoms with Gasteiger partial charge in [-0.3, -0.25) is 20.2 Å². The van der Waals surface area contributed by atoms with Crippen LogP contribution in [0.3, 0.4) is 0 Å². The lowest BCUT2D eigenvalue weighted by molar-refractivity contribution is -0.390. The Kier molecular flexibility index (Phi) is 3.94. The number of halogens is 1. The molecule has 0 atom stereocenters. The van der Waals surface area contributed by atoms with E-state index in [4.69, 9.17) is 0 Å². The summed E-state index contributed by atoms with van der Waals surface area (Å²) in [5.41, 5.74) is -0.682. The van der Waals surface area contributed by atoms with Gasteiger partial charge in [-0.05, 0) is 24.3 Å². The first-order valence-corrected chi connectivity index (χ1v) is 6.16. The van der Waals surface area contributed by atoms with Gasteiger partial charge in [-0.15, -0.1) is 0 Å². The van der Waals surface area contributed by atoms with Crippen LogP contribution >= 0.6 is 11.8 Å². The van der Waals surface area contributed by atoms with Crippen molar-refractivity contribution in [1.29, 1.82) is 0 Å². The zero-order valence-electron chi connectivity index (χ0n) is 9.86. The molecule has 0 fully saturated rings. The van der Waals surface area contributed by atoms with E-state index in [2.05, 4.69) is 0 Å². The molecule has 20 heavy (non-hydrogen) atoms. The van der Waals surface area contributed by atoms with Gasteiger partial charge in [-0.2, -0.15) is 4.39 Å². The second-order valence-corrected chi connectivity index (χ2v) is 4.81. The van der Waals surface area contributed by atoms with Crippen molar-refractivity contribution in [3.05, 3.63) is 68.5 Å². The average molecular weight is 294 g/mol. The van der Waals surface area contributed by atoms with Crippen LogP contribution in [0.5, 0.6) is 0 Å². The summed E-state index contributed by atoms with van der Waals surface area (Å²) in [4.78, 5) is 20.7. The van der Waals surface area contributed by atoms with E-state index in [1.807, 2.05) is 0 Å². The Hall–Kier alpha value is -2.48. The fourth-order valence-corrected chi connectivity index (χ4v) is 2.46. The third kappa shape index (κ3) is 2.91. The molecule has 0 aliphatic heterocycles. The van der Waals surface area contributed by atoms with Crippen LogP contribution in [-0.2, 0) is 0 Å². The number of benzene rings is 2. The van der Waals surface area contributed by atoms with Crippen LogP contribution in [0.1, 0.15) is 0 Å². The lowest BCUT2D eigenvalue weighted by atomic mass is 10.3. The minimum atomic E-state index is -0.915. The molecule has 2 aromatic carbocycles. The molecular formula is C12H7FN2O4S. The molecular weight excluding hydrogens is 287 g/mol. The van der Waals surface area contributed by atoms with Gasteiger partial charge in [-0.25, -0.2) is 0 Å². The number of para-hydroxylation sites is 1. The van der Waals surface area contributed by atoms with Gasteiger partial charge in [0.15, 0.2) is 0 Å². The number of nitro benzene ring substituents is 2. The molecule has 0 radical (unpaired) electrons. The van der Waals surface area contributed by atoms with Gasteiger partial charge < -0.3 is 0 Å². The molecule has 0 amide bonds. The number of hydrogen-bond acceptors (Lipinski definition) is 5. The smallest absolute Gasteiger partial charge is 0.258 e. The fraction of sp³-hybridized carbons (Fsp3) is 0. The van der Waals surface area contributed by atoms with Crippen LogP contribution in [0.15, 0.2) is 52.3 Å². The van der Waals surface area contributed by atoms with Gasteiger partial charge in [-0.1, -0.05) is 17.8 Å². The molecule has 0 bridgehead atoms. The van der Waals surface area contributed by atoms with E-state index in [9.17, 15) is 24.6 Å². The molecule has 0 aliphatic carbocycles. The molecule has 0 aliphatic rings. The minimum Gasteiger partial charge on any atom is -0.258 e. The largest absolute Gasteiger partial charge is 0.318 e. The van der Waals surface area contributed by atoms with Crippen LogP contribution in [-0.4, -0.2) is 9.85 Å². The molecule has 0 unspecified atom stereocenters. The van der Waals surface area contributed by atoms with Crippen molar-refractivity contribution in [1.82, 2.24) is 0 Å². The van der Waals surface area contributed by atoms with Crippen LogP contribution in [0.2, 0.25) is 0 Å². The van der Waals surface area contributed by atoms with E-state index >= 15 is 0 Å². The summed E-state index contributed by atoms with van der Waals surface area (Å²) in [7, 11) is 0. The number of nitro groups is 2. The molecule has 2 aromatic rings. The third-order valence-corrected chi connectivity index (χ3v) is 3.46. The molecule has 0 saturated carbocycles. The Bertz CT molecular complexity index is 676. The quantitative estimate of drug-likeness (QED) is 0.632. The van der Waals surface area contributed by atoms with Crippen molar-refractivity contribution in [2.24, 2.45) is 0 Å². The highest BCUT2D eigenvalue weighted by Crippen LogP contribution is 2.36. The Balaban J connectivity index is 2.33. The highest BCUT2D eigenvalue weighted by Gasteiger charge is 2.20. The number of non-ortho nitro benzene ring substituents is 1. The molecule has 0 N–H and O–H groups in total. The van der Waals surface area contributed by atoms with E-state index in [0.29, 0.717) is 4.90 Å². The maximum Gasteiger partial charge on any atom is 0.318 e. The standard InChI is InChI=1S/C12H7FN2O4S/c13-10-2-1-3-11(12(10)15(18)19)20-9-6-4-8(5-7-9)14(16)17/h1-7H. The highest BCUT2D eigenvalue weighted by atomic mass is 32.2. The zero-order chi connectivity index (χ0) is 14.7. The zero-order valence-corrected chi connectivity index (χ0v) is 10.7. The molecule has 6 nitrogen and oxygen atoms in total. The summed E-state index contributed by atoms with van der Waals surface area (Å²) < 4.78 is 13.4. The van der Waals surface area contributed by atoms with E-state index in [1.165, 1.54) is 36.4 Å². The van der Waals surface area contributed by atoms with E-state index in [-0.39, 0.29) is 10.6 Å². The lowest BCUT2D eigenvalue weighted by Gasteiger charge is -2.03. The molecule has 0 spiro atoms. The Labute approximate surface area is 116 Å². The van der Waals surface area contributed by atoms with Crippen molar-refractivity contribution in [2.45, 2.75) is 9.79 Å². The van der Waals surface area contributed by atoms with Crippen LogP contribution in [0, 0.1) is 26.0 Å². The first-order valence-electron chi connectivity index (χ1n) is 5.34. The summed E-state index contributed by atoms with van der Waals surface area (Å²) in [5, 5.41) is 21.4. The highest BCUT2D eigenvalue weighted by molar-refractivity contribution is 7.99. The van der Waals surface area contributed by atoms with Gasteiger partial charge in [0.1, 0.15) is 0 Å². The van der Waals surface area contributed by atoms with Crippen molar-refractivity contribution in [3.8, 4) is 0 Å². The molecule has 0 aromatic heterocycles. The molecule has 0 heterocycles. The average Bonchev–Trinajstić information content (AvgIpc) is 2.39. The third-order valence-electron chi connectivity index (χ3n) is 2.41. The normalized spacial score (nSPS) is 10.2.